The van der Waals surface area contributed by atoms with Gasteiger partial charge >= 0.3 is 0 Å². The zero-order chi connectivity index (χ0) is 23.7. The first kappa shape index (κ1) is 22.3. The predicted molar refractivity (Wildman–Crippen MR) is 133 cm³/mol. The highest BCUT2D eigenvalue weighted by molar-refractivity contribution is 5.98. The summed E-state index contributed by atoms with van der Waals surface area (Å²) in [7, 11) is 1.94. The van der Waals surface area contributed by atoms with Gasteiger partial charge in [-0.3, -0.25) is 4.79 Å². The van der Waals surface area contributed by atoms with E-state index in [0.29, 0.717) is 17.2 Å². The van der Waals surface area contributed by atoms with Crippen molar-refractivity contribution in [2.24, 2.45) is 0 Å². The number of likely N-dealkylation sites (tertiary alicyclic amines) is 1. The minimum absolute atomic E-state index is 0.0492. The molecule has 1 amide bonds. The van der Waals surface area contributed by atoms with Crippen molar-refractivity contribution in [1.82, 2.24) is 10.2 Å². The van der Waals surface area contributed by atoms with E-state index in [9.17, 15) is 15.2 Å². The highest BCUT2D eigenvalue weighted by Gasteiger charge is 2.43. The number of hydrogen-bond acceptors (Lipinski definition) is 4. The van der Waals surface area contributed by atoms with Crippen LogP contribution in [0.2, 0.25) is 0 Å². The average Bonchev–Trinajstić information content (AvgIpc) is 3.56. The molecule has 1 atom stereocenters. The Bertz CT molecular complexity index is 1240. The second-order valence-corrected chi connectivity index (χ2v) is 9.49. The second-order valence-electron chi connectivity index (χ2n) is 9.49. The van der Waals surface area contributed by atoms with Gasteiger partial charge in [0.2, 0.25) is 0 Å². The number of carbonyl (C=O) groups is 1. The van der Waals surface area contributed by atoms with Gasteiger partial charge in [0.25, 0.3) is 5.91 Å². The number of nitriles is 1. The minimum atomic E-state index is -0.0638. The van der Waals surface area contributed by atoms with Crippen molar-refractivity contribution in [2.75, 3.05) is 26.7 Å². The van der Waals surface area contributed by atoms with Crippen molar-refractivity contribution in [1.29, 1.82) is 5.26 Å². The summed E-state index contributed by atoms with van der Waals surface area (Å²) in [4.78, 5) is 15.2. The maximum absolute atomic E-state index is 13.3. The van der Waals surface area contributed by atoms with Crippen LogP contribution in [0.3, 0.4) is 0 Å². The van der Waals surface area contributed by atoms with Gasteiger partial charge in [0.1, 0.15) is 0 Å². The van der Waals surface area contributed by atoms with E-state index in [1.54, 1.807) is 0 Å². The molecule has 0 bridgehead atoms. The zero-order valence-electron chi connectivity index (χ0n) is 19.4. The third-order valence-corrected chi connectivity index (χ3v) is 7.44. The van der Waals surface area contributed by atoms with Gasteiger partial charge in [0.15, 0.2) is 0 Å². The molecule has 1 saturated carbocycles. The van der Waals surface area contributed by atoms with E-state index in [-0.39, 0.29) is 17.9 Å². The average molecular weight is 452 g/mol. The van der Waals surface area contributed by atoms with Crippen LogP contribution in [0.4, 0.5) is 0 Å². The van der Waals surface area contributed by atoms with Gasteiger partial charge in [0, 0.05) is 30.1 Å². The standard InChI is InChI=1S/C29H29N3O2/c1-31-25-12-15-32(18-25)28(34)23-8-11-26(27(16-23)22-4-2-20(17-30)3-5-22)21-6-9-24(10-7-21)29(19-33)13-14-29/h2-11,16,25,31,33H,12-15,18-19H2,1H3/t25-/m0/s1. The zero-order valence-corrected chi connectivity index (χ0v) is 19.4. The molecule has 1 aliphatic heterocycles. The first-order chi connectivity index (χ1) is 16.6. The lowest BCUT2D eigenvalue weighted by molar-refractivity contribution is 0.0790. The Morgan fingerprint density at radius 2 is 1.74 bits per heavy atom. The fourth-order valence-electron chi connectivity index (χ4n) is 4.95. The number of carbonyl (C=O) groups excluding carboxylic acids is 1. The molecule has 1 aliphatic carbocycles. The molecular formula is C29H29N3O2. The van der Waals surface area contributed by atoms with E-state index in [4.69, 9.17) is 0 Å². The van der Waals surface area contributed by atoms with Crippen molar-refractivity contribution in [3.05, 3.63) is 83.4 Å². The third kappa shape index (κ3) is 4.11. The van der Waals surface area contributed by atoms with Gasteiger partial charge in [-0.2, -0.15) is 5.26 Å². The Balaban J connectivity index is 1.53. The van der Waals surface area contributed by atoms with Crippen molar-refractivity contribution >= 4 is 5.91 Å². The van der Waals surface area contributed by atoms with E-state index in [2.05, 4.69) is 35.7 Å². The number of aliphatic hydroxyl groups excluding tert-OH is 1. The fourth-order valence-corrected chi connectivity index (χ4v) is 4.95. The number of rotatable bonds is 6. The molecule has 3 aromatic carbocycles. The van der Waals surface area contributed by atoms with Crippen LogP contribution < -0.4 is 5.32 Å². The van der Waals surface area contributed by atoms with Gasteiger partial charge in [-0.25, -0.2) is 0 Å². The number of nitrogens with one attached hydrogen (secondary N) is 1. The van der Waals surface area contributed by atoms with Gasteiger partial charge in [-0.1, -0.05) is 42.5 Å². The topological polar surface area (TPSA) is 76.4 Å². The Labute approximate surface area is 200 Å². The summed E-state index contributed by atoms with van der Waals surface area (Å²) in [6.45, 7) is 1.66. The molecule has 0 aromatic heterocycles. The van der Waals surface area contributed by atoms with Crippen LogP contribution in [0, 0.1) is 11.3 Å². The van der Waals surface area contributed by atoms with Crippen LogP contribution in [0.25, 0.3) is 22.3 Å². The summed E-state index contributed by atoms with van der Waals surface area (Å²) in [5.41, 5.74) is 6.43. The number of likely N-dealkylation sites (N-methyl/N-ethyl adjacent to an activating group) is 1. The fraction of sp³-hybridized carbons (Fsp3) is 0.310. The SMILES string of the molecule is CN[C@H]1CCN(C(=O)c2ccc(-c3ccc(C4(CO)CC4)cc3)c(-c3ccc(C#N)cc3)c2)C1. The van der Waals surface area contributed by atoms with E-state index in [1.165, 1.54) is 5.56 Å². The van der Waals surface area contributed by atoms with Gasteiger partial charge in [-0.05, 0) is 78.4 Å². The lowest BCUT2D eigenvalue weighted by atomic mass is 9.90. The van der Waals surface area contributed by atoms with Crippen LogP contribution in [-0.2, 0) is 5.41 Å². The molecule has 5 heteroatoms. The summed E-state index contributed by atoms with van der Waals surface area (Å²) in [6.07, 6.45) is 3.02. The van der Waals surface area contributed by atoms with Crippen LogP contribution >= 0.6 is 0 Å². The molecule has 1 saturated heterocycles. The highest BCUT2D eigenvalue weighted by Crippen LogP contribution is 2.48. The highest BCUT2D eigenvalue weighted by atomic mass is 16.3. The van der Waals surface area contributed by atoms with Crippen molar-refractivity contribution < 1.29 is 9.90 Å². The van der Waals surface area contributed by atoms with Crippen LogP contribution in [0.1, 0.15) is 40.7 Å². The Morgan fingerprint density at radius 1 is 1.06 bits per heavy atom. The summed E-state index contributed by atoms with van der Waals surface area (Å²) in [5, 5.41) is 22.2. The molecule has 0 radical (unpaired) electrons. The molecule has 2 fully saturated rings. The number of aliphatic hydroxyl groups is 1. The number of amides is 1. The minimum Gasteiger partial charge on any atom is -0.395 e. The van der Waals surface area contributed by atoms with Crippen LogP contribution in [0.5, 0.6) is 0 Å². The third-order valence-electron chi connectivity index (χ3n) is 7.44. The first-order valence-electron chi connectivity index (χ1n) is 11.9. The van der Waals surface area contributed by atoms with Gasteiger partial charge in [-0.15, -0.1) is 0 Å². The lowest BCUT2D eigenvalue weighted by Gasteiger charge is -2.19. The number of nitrogens with zero attached hydrogens (tertiary/aromatic N) is 2. The largest absolute Gasteiger partial charge is 0.395 e. The molecule has 172 valence electrons. The Hall–Kier alpha value is -3.46. The Kier molecular flexibility index (Phi) is 5.95. The molecule has 3 aromatic rings. The normalized spacial score (nSPS) is 18.5. The van der Waals surface area contributed by atoms with Gasteiger partial charge < -0.3 is 15.3 Å². The molecule has 2 aliphatic rings. The van der Waals surface area contributed by atoms with E-state index >= 15 is 0 Å². The van der Waals surface area contributed by atoms with Crippen molar-refractivity contribution in [2.45, 2.75) is 30.7 Å². The molecule has 0 spiro atoms. The Morgan fingerprint density at radius 3 is 2.32 bits per heavy atom. The summed E-state index contributed by atoms with van der Waals surface area (Å²) in [5.74, 6) is 0.0492. The summed E-state index contributed by atoms with van der Waals surface area (Å²) >= 11 is 0. The summed E-state index contributed by atoms with van der Waals surface area (Å²) < 4.78 is 0. The molecule has 34 heavy (non-hydrogen) atoms. The molecule has 0 unspecified atom stereocenters. The quantitative estimate of drug-likeness (QED) is 0.584. The first-order valence-corrected chi connectivity index (χ1v) is 11.9. The monoisotopic (exact) mass is 451 g/mol. The van der Waals surface area contributed by atoms with Crippen LogP contribution in [0.15, 0.2) is 66.7 Å². The maximum atomic E-state index is 13.3. The van der Waals surface area contributed by atoms with E-state index in [1.807, 2.05) is 54.4 Å². The van der Waals surface area contributed by atoms with Crippen molar-refractivity contribution in [3.8, 4) is 28.3 Å². The van der Waals surface area contributed by atoms with E-state index < -0.39 is 0 Å². The predicted octanol–water partition coefficient (Wildman–Crippen LogP) is 4.35. The second kappa shape index (κ2) is 9.06. The molecule has 5 rings (SSSR count). The lowest BCUT2D eigenvalue weighted by Crippen LogP contribution is -2.33. The van der Waals surface area contributed by atoms with Crippen LogP contribution in [-0.4, -0.2) is 48.7 Å². The molecule has 5 nitrogen and oxygen atoms in total. The van der Waals surface area contributed by atoms with Gasteiger partial charge in [0.05, 0.1) is 18.2 Å². The van der Waals surface area contributed by atoms with E-state index in [0.717, 1.165) is 54.6 Å². The smallest absolute Gasteiger partial charge is 0.253 e. The molecule has 2 N–H and O–H groups in total. The van der Waals surface area contributed by atoms with Crippen molar-refractivity contribution in [3.63, 3.8) is 0 Å². The molecular weight excluding hydrogens is 422 g/mol. The molecule has 1 heterocycles. The maximum Gasteiger partial charge on any atom is 0.253 e. The summed E-state index contributed by atoms with van der Waals surface area (Å²) in [6, 6.07) is 24.4. The number of benzene rings is 3. The number of hydrogen-bond donors (Lipinski definition) is 2.